The van der Waals surface area contributed by atoms with Crippen molar-refractivity contribution in [3.05, 3.63) is 82.9 Å². The molecule has 0 saturated heterocycles. The zero-order chi connectivity index (χ0) is 24.5. The van der Waals surface area contributed by atoms with Crippen molar-refractivity contribution in [2.24, 2.45) is 0 Å². The van der Waals surface area contributed by atoms with E-state index in [9.17, 15) is 18.0 Å². The fraction of sp³-hybridized carbons (Fsp3) is 0.231. The zero-order valence-corrected chi connectivity index (χ0v) is 20.2. The number of thioether (sulfide) groups is 1. The number of aliphatic carboxylic acids is 1. The number of benzene rings is 3. The number of hydrogen-bond donors (Lipinski definition) is 1. The highest BCUT2D eigenvalue weighted by Crippen LogP contribution is 2.41. The van der Waals surface area contributed by atoms with Gasteiger partial charge < -0.3 is 5.11 Å². The van der Waals surface area contributed by atoms with Crippen LogP contribution in [0, 0.1) is 6.92 Å². The number of nitrogens with zero attached hydrogens (tertiary/aromatic N) is 1. The van der Waals surface area contributed by atoms with Gasteiger partial charge in [0, 0.05) is 22.1 Å². The van der Waals surface area contributed by atoms with Crippen molar-refractivity contribution in [3.63, 3.8) is 0 Å². The molecular formula is C26H22F3NO2S2. The fourth-order valence-electron chi connectivity index (χ4n) is 3.75. The number of halogens is 3. The first-order chi connectivity index (χ1) is 16.1. The predicted molar refractivity (Wildman–Crippen MR) is 131 cm³/mol. The fourth-order valence-corrected chi connectivity index (χ4v) is 5.88. The van der Waals surface area contributed by atoms with E-state index in [4.69, 9.17) is 10.1 Å². The predicted octanol–water partition coefficient (Wildman–Crippen LogP) is 8.16. The molecule has 0 spiro atoms. The van der Waals surface area contributed by atoms with Crippen LogP contribution >= 0.6 is 23.1 Å². The number of carboxylic acid groups (broad SMARTS) is 1. The van der Waals surface area contributed by atoms with Crippen molar-refractivity contribution in [1.29, 1.82) is 0 Å². The number of thiazole rings is 1. The van der Waals surface area contributed by atoms with Gasteiger partial charge in [0.05, 0.1) is 15.8 Å². The maximum atomic E-state index is 12.9. The highest BCUT2D eigenvalue weighted by molar-refractivity contribution is 7.99. The van der Waals surface area contributed by atoms with Crippen LogP contribution in [0.5, 0.6) is 0 Å². The van der Waals surface area contributed by atoms with Gasteiger partial charge in [-0.05, 0) is 67.3 Å². The van der Waals surface area contributed by atoms with Crippen LogP contribution in [-0.4, -0.2) is 16.1 Å². The van der Waals surface area contributed by atoms with Crippen LogP contribution < -0.4 is 0 Å². The third kappa shape index (κ3) is 5.45. The number of hydrogen-bond acceptors (Lipinski definition) is 4. The second-order valence-electron chi connectivity index (χ2n) is 8.03. The Labute approximate surface area is 203 Å². The molecule has 0 saturated carbocycles. The van der Waals surface area contributed by atoms with Gasteiger partial charge in [-0.3, -0.25) is 4.79 Å². The molecule has 0 aliphatic heterocycles. The Morgan fingerprint density at radius 1 is 1.12 bits per heavy atom. The number of aromatic nitrogens is 1. The first-order valence-corrected chi connectivity index (χ1v) is 12.4. The Morgan fingerprint density at radius 3 is 2.50 bits per heavy atom. The summed E-state index contributed by atoms with van der Waals surface area (Å²) in [5.41, 5.74) is 4.00. The molecule has 0 fully saturated rings. The number of rotatable bonds is 7. The monoisotopic (exact) mass is 501 g/mol. The van der Waals surface area contributed by atoms with E-state index in [1.54, 1.807) is 11.8 Å². The van der Waals surface area contributed by atoms with E-state index in [1.165, 1.54) is 23.5 Å². The lowest BCUT2D eigenvalue weighted by molar-refractivity contribution is -0.138. The lowest BCUT2D eigenvalue weighted by Crippen LogP contribution is -2.03. The normalized spacial score (nSPS) is 12.7. The summed E-state index contributed by atoms with van der Waals surface area (Å²) < 4.78 is 39.7. The number of carboxylic acids is 1. The third-order valence-electron chi connectivity index (χ3n) is 5.58. The van der Waals surface area contributed by atoms with Gasteiger partial charge in [0.2, 0.25) is 0 Å². The molecular weight excluding hydrogens is 479 g/mol. The molecule has 0 radical (unpaired) electrons. The van der Waals surface area contributed by atoms with Gasteiger partial charge in [0.15, 0.2) is 0 Å². The summed E-state index contributed by atoms with van der Waals surface area (Å²) in [5, 5.41) is 9.70. The van der Waals surface area contributed by atoms with E-state index < -0.39 is 17.7 Å². The summed E-state index contributed by atoms with van der Waals surface area (Å²) in [6.07, 6.45) is -3.75. The summed E-state index contributed by atoms with van der Waals surface area (Å²) in [4.78, 5) is 16.7. The van der Waals surface area contributed by atoms with E-state index in [2.05, 4.69) is 13.0 Å². The number of aryl methyl sites for hydroxylation is 2. The van der Waals surface area contributed by atoms with E-state index in [0.717, 1.165) is 43.9 Å². The smallest absolute Gasteiger partial charge is 0.416 e. The highest BCUT2D eigenvalue weighted by atomic mass is 32.2. The summed E-state index contributed by atoms with van der Waals surface area (Å²) in [5.74, 6) is -0.807. The van der Waals surface area contributed by atoms with Crippen LogP contribution in [0.3, 0.4) is 0 Å². The van der Waals surface area contributed by atoms with Gasteiger partial charge in [0.25, 0.3) is 0 Å². The number of alkyl halides is 3. The SMILES string of the molecule is Cc1cc(SC(C)c2cccc3sc(-c4ccc(C(F)(F)F)cc4)nc23)ccc1CCC(=O)O. The van der Waals surface area contributed by atoms with Crippen molar-refractivity contribution >= 4 is 39.3 Å². The Balaban J connectivity index is 1.57. The zero-order valence-electron chi connectivity index (χ0n) is 18.5. The standard InChI is InChI=1S/C26H22F3NO2S2/c1-15-14-20(12-8-17(15)9-13-23(31)32)33-16(2)21-4-3-5-22-24(21)30-25(34-22)18-6-10-19(11-7-18)26(27,28)29/h3-8,10-12,14,16H,9,13H2,1-2H3,(H,31,32). The molecule has 3 aromatic carbocycles. The third-order valence-corrected chi connectivity index (χ3v) is 7.79. The minimum atomic E-state index is -4.36. The van der Waals surface area contributed by atoms with Crippen molar-refractivity contribution in [3.8, 4) is 10.6 Å². The lowest BCUT2D eigenvalue weighted by Gasteiger charge is -2.14. The van der Waals surface area contributed by atoms with Crippen LogP contribution in [0.2, 0.25) is 0 Å². The van der Waals surface area contributed by atoms with Crippen LogP contribution in [0.4, 0.5) is 13.2 Å². The molecule has 4 aromatic rings. The van der Waals surface area contributed by atoms with Gasteiger partial charge in [-0.15, -0.1) is 23.1 Å². The van der Waals surface area contributed by atoms with E-state index in [-0.39, 0.29) is 11.7 Å². The summed E-state index contributed by atoms with van der Waals surface area (Å²) in [6, 6.07) is 17.2. The molecule has 1 aromatic heterocycles. The first-order valence-electron chi connectivity index (χ1n) is 10.7. The molecule has 8 heteroatoms. The van der Waals surface area contributed by atoms with Crippen molar-refractivity contribution in [1.82, 2.24) is 4.98 Å². The molecule has 3 nitrogen and oxygen atoms in total. The van der Waals surface area contributed by atoms with E-state index in [1.807, 2.05) is 37.3 Å². The van der Waals surface area contributed by atoms with Crippen LogP contribution in [0.1, 0.15) is 40.8 Å². The topological polar surface area (TPSA) is 50.2 Å². The lowest BCUT2D eigenvalue weighted by atomic mass is 10.0. The molecule has 1 heterocycles. The summed E-state index contributed by atoms with van der Waals surface area (Å²) >= 11 is 3.16. The first kappa shape index (κ1) is 24.3. The van der Waals surface area contributed by atoms with E-state index >= 15 is 0 Å². The molecule has 176 valence electrons. The summed E-state index contributed by atoms with van der Waals surface area (Å²) in [7, 11) is 0. The van der Waals surface area contributed by atoms with Crippen LogP contribution in [-0.2, 0) is 17.4 Å². The maximum absolute atomic E-state index is 12.9. The van der Waals surface area contributed by atoms with Gasteiger partial charge >= 0.3 is 12.1 Å². The average Bonchev–Trinajstić information content (AvgIpc) is 3.22. The molecule has 0 bridgehead atoms. The number of fused-ring (bicyclic) bond motifs is 1. The number of para-hydroxylation sites is 1. The van der Waals surface area contributed by atoms with Crippen molar-refractivity contribution in [2.45, 2.75) is 43.0 Å². The average molecular weight is 502 g/mol. The largest absolute Gasteiger partial charge is 0.481 e. The minimum absolute atomic E-state index is 0.0931. The Hall–Kier alpha value is -2.84. The molecule has 4 rings (SSSR count). The second kappa shape index (κ2) is 9.80. The quantitative estimate of drug-likeness (QED) is 0.260. The van der Waals surface area contributed by atoms with Gasteiger partial charge in [-0.1, -0.05) is 30.3 Å². The molecule has 1 unspecified atom stereocenters. The second-order valence-corrected chi connectivity index (χ2v) is 10.5. The van der Waals surface area contributed by atoms with Gasteiger partial charge in [-0.2, -0.15) is 13.2 Å². The molecule has 0 amide bonds. The molecule has 1 N–H and O–H groups in total. The Bertz CT molecular complexity index is 1330. The van der Waals surface area contributed by atoms with E-state index in [0.29, 0.717) is 17.0 Å². The Morgan fingerprint density at radius 2 is 1.85 bits per heavy atom. The molecule has 34 heavy (non-hydrogen) atoms. The highest BCUT2D eigenvalue weighted by Gasteiger charge is 2.30. The van der Waals surface area contributed by atoms with Crippen molar-refractivity contribution < 1.29 is 23.1 Å². The van der Waals surface area contributed by atoms with Gasteiger partial charge in [-0.25, -0.2) is 4.98 Å². The van der Waals surface area contributed by atoms with Crippen LogP contribution in [0.15, 0.2) is 65.6 Å². The Kier molecular flexibility index (Phi) is 7.00. The summed E-state index contributed by atoms with van der Waals surface area (Å²) in [6.45, 7) is 4.09. The number of carbonyl (C=O) groups is 1. The van der Waals surface area contributed by atoms with Gasteiger partial charge in [0.1, 0.15) is 5.01 Å². The molecule has 0 aliphatic rings. The molecule has 1 atom stereocenters. The maximum Gasteiger partial charge on any atom is 0.416 e. The van der Waals surface area contributed by atoms with Crippen molar-refractivity contribution in [2.75, 3.05) is 0 Å². The minimum Gasteiger partial charge on any atom is -0.481 e. The molecule has 0 aliphatic carbocycles. The van der Waals surface area contributed by atoms with Crippen LogP contribution in [0.25, 0.3) is 20.8 Å².